The Morgan fingerprint density at radius 2 is 1.95 bits per heavy atom. The molecule has 2 atom stereocenters. The van der Waals surface area contributed by atoms with Crippen LogP contribution >= 0.6 is 11.3 Å². The number of carbonyl (C=O) groups excluding carboxylic acids is 1. The van der Waals surface area contributed by atoms with Crippen molar-refractivity contribution in [3.05, 3.63) is 62.8 Å². The molecule has 2 aromatic carbocycles. The number of aromatic amines is 1. The molecule has 1 amide bonds. The van der Waals surface area contributed by atoms with Gasteiger partial charge in [0.25, 0.3) is 0 Å². The molecular formula is C28H39N3O6S. The van der Waals surface area contributed by atoms with Crippen LogP contribution < -0.4 is 10.2 Å². The number of fused-ring (bicyclic) bond motifs is 1. The molecule has 0 aliphatic carbocycles. The number of hydrogen-bond donors (Lipinski definition) is 4. The highest BCUT2D eigenvalue weighted by atomic mass is 32.1. The Morgan fingerprint density at radius 1 is 1.21 bits per heavy atom. The molecule has 9 nitrogen and oxygen atoms in total. The molecule has 0 fully saturated rings. The maximum atomic E-state index is 13.0. The summed E-state index contributed by atoms with van der Waals surface area (Å²) in [6.07, 6.45) is 0.278. The highest BCUT2D eigenvalue weighted by molar-refractivity contribution is 7.16. The number of aliphatic hydroxyl groups is 1. The fourth-order valence-electron chi connectivity index (χ4n) is 4.25. The summed E-state index contributed by atoms with van der Waals surface area (Å²) in [6, 6.07) is 11.1. The van der Waals surface area contributed by atoms with Gasteiger partial charge in [-0.1, -0.05) is 48.6 Å². The topological polar surface area (TPSA) is 124 Å². The van der Waals surface area contributed by atoms with Gasteiger partial charge in [0.2, 0.25) is 0 Å². The van der Waals surface area contributed by atoms with Crippen LogP contribution in [-0.4, -0.2) is 64.6 Å². The van der Waals surface area contributed by atoms with Crippen LogP contribution in [0.5, 0.6) is 5.75 Å². The molecular weight excluding hydrogens is 506 g/mol. The number of ether oxygens (including phenoxy) is 2. The fraction of sp³-hybridized carbons (Fsp3) is 0.500. The zero-order valence-corrected chi connectivity index (χ0v) is 23.6. The van der Waals surface area contributed by atoms with E-state index in [1.807, 2.05) is 45.9 Å². The van der Waals surface area contributed by atoms with E-state index >= 15 is 0 Å². The lowest BCUT2D eigenvalue weighted by Crippen LogP contribution is -2.44. The average molecular weight is 546 g/mol. The molecule has 0 spiro atoms. The van der Waals surface area contributed by atoms with E-state index in [9.17, 15) is 19.8 Å². The normalized spacial score (nSPS) is 13.4. The highest BCUT2D eigenvalue weighted by Gasteiger charge is 2.27. The van der Waals surface area contributed by atoms with E-state index < -0.39 is 11.7 Å². The molecule has 208 valence electrons. The Bertz CT molecular complexity index is 1270. The van der Waals surface area contributed by atoms with Crippen LogP contribution in [0.15, 0.2) is 41.2 Å². The average Bonchev–Trinajstić information content (AvgIpc) is 3.25. The number of benzene rings is 2. The molecule has 2 unspecified atom stereocenters. The van der Waals surface area contributed by atoms with Crippen molar-refractivity contribution in [3.63, 3.8) is 0 Å². The highest BCUT2D eigenvalue weighted by Crippen LogP contribution is 2.31. The summed E-state index contributed by atoms with van der Waals surface area (Å²) in [4.78, 5) is 28.8. The first kappa shape index (κ1) is 29.6. The van der Waals surface area contributed by atoms with Crippen molar-refractivity contribution in [1.29, 1.82) is 0 Å². The van der Waals surface area contributed by atoms with Crippen molar-refractivity contribution in [2.75, 3.05) is 26.8 Å². The van der Waals surface area contributed by atoms with Crippen molar-refractivity contribution >= 4 is 27.6 Å². The van der Waals surface area contributed by atoms with Crippen LogP contribution in [-0.2, 0) is 22.4 Å². The molecule has 10 heteroatoms. The number of H-pyrrole nitrogens is 1. The minimum Gasteiger partial charge on any atom is -0.506 e. The first-order valence-corrected chi connectivity index (χ1v) is 13.6. The van der Waals surface area contributed by atoms with Gasteiger partial charge >= 0.3 is 11.0 Å². The van der Waals surface area contributed by atoms with Crippen LogP contribution in [0.3, 0.4) is 0 Å². The molecule has 4 N–H and O–H groups in total. The molecule has 3 aromatic rings. The van der Waals surface area contributed by atoms with E-state index in [1.165, 1.54) is 6.07 Å². The van der Waals surface area contributed by atoms with E-state index in [-0.39, 0.29) is 22.8 Å². The van der Waals surface area contributed by atoms with E-state index in [2.05, 4.69) is 16.4 Å². The molecule has 0 saturated carbocycles. The quantitative estimate of drug-likeness (QED) is 0.250. The van der Waals surface area contributed by atoms with E-state index in [0.717, 1.165) is 35.3 Å². The SMILES string of the molecule is CCC(COC)N(Cc1cccc(CCNCC(O)c2ccc(O)c3[nH]c(=O)sc23)c1)C(=O)OC(C)(C)C. The molecule has 0 aliphatic rings. The van der Waals surface area contributed by atoms with Crippen LogP contribution in [0.25, 0.3) is 10.2 Å². The number of methoxy groups -OCH3 is 1. The number of thiazole rings is 1. The van der Waals surface area contributed by atoms with Gasteiger partial charge < -0.3 is 30.0 Å². The van der Waals surface area contributed by atoms with Crippen molar-refractivity contribution < 1.29 is 24.5 Å². The molecule has 1 heterocycles. The lowest BCUT2D eigenvalue weighted by molar-refractivity contribution is 0.00277. The molecule has 3 rings (SSSR count). The third-order valence-corrected chi connectivity index (χ3v) is 7.05. The smallest absolute Gasteiger partial charge is 0.410 e. The largest absolute Gasteiger partial charge is 0.506 e. The maximum Gasteiger partial charge on any atom is 0.410 e. The summed E-state index contributed by atoms with van der Waals surface area (Å²) in [7, 11) is 1.63. The minimum atomic E-state index is -0.829. The van der Waals surface area contributed by atoms with Gasteiger partial charge in [-0.3, -0.25) is 9.69 Å². The number of nitrogens with one attached hydrogen (secondary N) is 2. The Hall–Kier alpha value is -2.92. The van der Waals surface area contributed by atoms with Crippen molar-refractivity contribution in [2.24, 2.45) is 0 Å². The van der Waals surface area contributed by atoms with Gasteiger partial charge in [0.15, 0.2) is 0 Å². The third kappa shape index (κ3) is 8.04. The summed E-state index contributed by atoms with van der Waals surface area (Å²) in [6.45, 7) is 9.35. The van der Waals surface area contributed by atoms with Crippen LogP contribution in [0.4, 0.5) is 4.79 Å². The first-order chi connectivity index (χ1) is 18.0. The molecule has 1 aromatic heterocycles. The van der Waals surface area contributed by atoms with Crippen molar-refractivity contribution in [3.8, 4) is 5.75 Å². The van der Waals surface area contributed by atoms with E-state index in [4.69, 9.17) is 9.47 Å². The lowest BCUT2D eigenvalue weighted by Gasteiger charge is -2.33. The monoisotopic (exact) mass is 545 g/mol. The summed E-state index contributed by atoms with van der Waals surface area (Å²) in [5, 5.41) is 23.9. The number of carbonyl (C=O) groups is 1. The van der Waals surface area contributed by atoms with Crippen molar-refractivity contribution in [2.45, 2.75) is 64.8 Å². The number of rotatable bonds is 12. The van der Waals surface area contributed by atoms with Gasteiger partial charge in [0.05, 0.1) is 23.5 Å². The number of aliphatic hydroxyl groups excluding tert-OH is 1. The van der Waals surface area contributed by atoms with Gasteiger partial charge in [0, 0.05) is 25.8 Å². The van der Waals surface area contributed by atoms with Crippen LogP contribution in [0.2, 0.25) is 0 Å². The Kier molecular flexibility index (Phi) is 10.3. The summed E-state index contributed by atoms with van der Waals surface area (Å²) in [5.74, 6) is -0.0140. The van der Waals surface area contributed by atoms with Gasteiger partial charge in [-0.2, -0.15) is 0 Å². The molecule has 0 aliphatic heterocycles. The predicted octanol–water partition coefficient (Wildman–Crippen LogP) is 4.32. The molecule has 0 saturated heterocycles. The number of hydrogen-bond acceptors (Lipinski definition) is 8. The number of phenols is 1. The zero-order valence-electron chi connectivity index (χ0n) is 22.7. The van der Waals surface area contributed by atoms with Gasteiger partial charge in [-0.25, -0.2) is 4.79 Å². The number of aromatic hydroxyl groups is 1. The molecule has 0 bridgehead atoms. The first-order valence-electron chi connectivity index (χ1n) is 12.8. The number of aromatic nitrogens is 1. The predicted molar refractivity (Wildman–Crippen MR) is 150 cm³/mol. The summed E-state index contributed by atoms with van der Waals surface area (Å²) >= 11 is 0.971. The van der Waals surface area contributed by atoms with E-state index in [1.54, 1.807) is 18.1 Å². The Labute approximate surface area is 227 Å². The van der Waals surface area contributed by atoms with Gasteiger partial charge in [0.1, 0.15) is 16.9 Å². The van der Waals surface area contributed by atoms with Crippen LogP contribution in [0.1, 0.15) is 56.9 Å². The third-order valence-electron chi connectivity index (χ3n) is 6.12. The minimum absolute atomic E-state index is 0.0140. The zero-order chi connectivity index (χ0) is 27.9. The number of phenolic OH excluding ortho intramolecular Hbond substituents is 1. The molecule has 0 radical (unpaired) electrons. The van der Waals surface area contributed by atoms with Crippen LogP contribution in [0, 0.1) is 0 Å². The molecule has 38 heavy (non-hydrogen) atoms. The fourth-order valence-corrected chi connectivity index (χ4v) is 5.17. The Morgan fingerprint density at radius 3 is 2.63 bits per heavy atom. The van der Waals surface area contributed by atoms with E-state index in [0.29, 0.717) is 42.0 Å². The van der Waals surface area contributed by atoms with Gasteiger partial charge in [-0.05, 0) is 57.4 Å². The second-order valence-electron chi connectivity index (χ2n) is 10.3. The second-order valence-corrected chi connectivity index (χ2v) is 11.3. The lowest BCUT2D eigenvalue weighted by atomic mass is 10.1. The second kappa shape index (κ2) is 13.2. The Balaban J connectivity index is 1.61. The summed E-state index contributed by atoms with van der Waals surface area (Å²) in [5.41, 5.74) is 2.45. The number of amides is 1. The van der Waals surface area contributed by atoms with Crippen molar-refractivity contribution in [1.82, 2.24) is 15.2 Å². The maximum absolute atomic E-state index is 13.0. The van der Waals surface area contributed by atoms with Gasteiger partial charge in [-0.15, -0.1) is 0 Å². The number of nitrogens with zero attached hydrogens (tertiary/aromatic N) is 1. The summed E-state index contributed by atoms with van der Waals surface area (Å²) < 4.78 is 11.6. The standard InChI is InChI=1S/C28H39N3O6S/c1-6-20(17-36-5)31(27(35)37-28(2,3)4)16-19-9-7-8-18(14-19)12-13-29-15-23(33)21-10-11-22(32)24-25(21)38-26(34)30-24/h7-11,14,20,23,29,32-33H,6,12-13,15-17H2,1-5H3,(H,30,34).